The van der Waals surface area contributed by atoms with Gasteiger partial charge in [0.05, 0.1) is 41.3 Å². The van der Waals surface area contributed by atoms with Crippen molar-refractivity contribution in [2.75, 3.05) is 54.4 Å². The van der Waals surface area contributed by atoms with Crippen LogP contribution in [0.1, 0.15) is 38.5 Å². The van der Waals surface area contributed by atoms with Crippen LogP contribution in [-0.4, -0.2) is 63.3 Å². The number of quaternary nitrogens is 2. The lowest BCUT2D eigenvalue weighted by Gasteiger charge is -2.31. The Morgan fingerprint density at radius 3 is 1.42 bits per heavy atom. The summed E-state index contributed by atoms with van der Waals surface area (Å²) < 4.78 is 2.27. The Bertz CT molecular complexity index is 470. The van der Waals surface area contributed by atoms with E-state index < -0.39 is 0 Å². The minimum atomic E-state index is 1.14. The van der Waals surface area contributed by atoms with E-state index >= 15 is 0 Å². The molecule has 0 fully saturated rings. The third kappa shape index (κ3) is 7.19. The van der Waals surface area contributed by atoms with E-state index in [1.807, 2.05) is 0 Å². The van der Waals surface area contributed by atoms with E-state index in [1.165, 1.54) is 64.7 Å². The molecular weight excluding hydrogens is 292 g/mol. The SMILES string of the molecule is C[N+](C)(CCCCCC[N+](C)(C)CC1=CC=CC1)CC1=CC=CC1. The third-order valence-corrected chi connectivity index (χ3v) is 5.24. The van der Waals surface area contributed by atoms with Crippen molar-refractivity contribution in [2.24, 2.45) is 0 Å². The maximum atomic E-state index is 2.38. The molecule has 2 aliphatic carbocycles. The second-order valence-electron chi connectivity index (χ2n) is 8.96. The second-order valence-corrected chi connectivity index (χ2v) is 8.96. The molecule has 0 atom stereocenters. The summed E-state index contributed by atoms with van der Waals surface area (Å²) in [5.74, 6) is 0. The average molecular weight is 331 g/mol. The highest BCUT2D eigenvalue weighted by Gasteiger charge is 2.19. The summed E-state index contributed by atoms with van der Waals surface area (Å²) in [6.45, 7) is 5.02. The molecule has 0 heterocycles. The molecule has 0 spiro atoms. The summed E-state index contributed by atoms with van der Waals surface area (Å²) in [6, 6.07) is 0. The summed E-state index contributed by atoms with van der Waals surface area (Å²) in [4.78, 5) is 0. The van der Waals surface area contributed by atoms with Crippen LogP contribution in [0.4, 0.5) is 0 Å². The molecule has 134 valence electrons. The van der Waals surface area contributed by atoms with E-state index in [4.69, 9.17) is 0 Å². The average Bonchev–Trinajstić information content (AvgIpc) is 3.15. The van der Waals surface area contributed by atoms with Crippen LogP contribution in [0.15, 0.2) is 47.6 Å². The fourth-order valence-electron chi connectivity index (χ4n) is 3.91. The van der Waals surface area contributed by atoms with Crippen LogP contribution in [0, 0.1) is 0 Å². The molecule has 2 aliphatic rings. The van der Waals surface area contributed by atoms with Gasteiger partial charge in [-0.05, 0) is 49.7 Å². The predicted molar refractivity (Wildman–Crippen MR) is 106 cm³/mol. The van der Waals surface area contributed by atoms with Gasteiger partial charge in [-0.1, -0.05) is 36.5 Å². The number of unbranched alkanes of at least 4 members (excludes halogenated alkanes) is 3. The van der Waals surface area contributed by atoms with Crippen LogP contribution in [0.2, 0.25) is 0 Å². The van der Waals surface area contributed by atoms with E-state index in [9.17, 15) is 0 Å². The van der Waals surface area contributed by atoms with Gasteiger partial charge in [-0.25, -0.2) is 0 Å². The Hall–Kier alpha value is -1.12. The van der Waals surface area contributed by atoms with Crippen LogP contribution in [0.25, 0.3) is 0 Å². The van der Waals surface area contributed by atoms with Crippen LogP contribution in [0.5, 0.6) is 0 Å². The van der Waals surface area contributed by atoms with Gasteiger partial charge in [0.1, 0.15) is 13.1 Å². The molecule has 0 radical (unpaired) electrons. The zero-order valence-corrected chi connectivity index (χ0v) is 16.4. The Kier molecular flexibility index (Phi) is 7.06. The lowest BCUT2D eigenvalue weighted by atomic mass is 10.1. The molecule has 0 aromatic carbocycles. The highest BCUT2D eigenvalue weighted by atomic mass is 15.3. The minimum Gasteiger partial charge on any atom is -0.325 e. The van der Waals surface area contributed by atoms with Crippen molar-refractivity contribution in [1.82, 2.24) is 0 Å². The number of nitrogens with zero attached hydrogens (tertiary/aromatic N) is 2. The van der Waals surface area contributed by atoms with Gasteiger partial charge >= 0.3 is 0 Å². The van der Waals surface area contributed by atoms with Crippen LogP contribution < -0.4 is 0 Å². The van der Waals surface area contributed by atoms with Gasteiger partial charge in [0, 0.05) is 0 Å². The molecule has 0 N–H and O–H groups in total. The van der Waals surface area contributed by atoms with E-state index in [0.717, 1.165) is 8.97 Å². The Labute approximate surface area is 150 Å². The topological polar surface area (TPSA) is 0 Å². The van der Waals surface area contributed by atoms with E-state index in [-0.39, 0.29) is 0 Å². The van der Waals surface area contributed by atoms with Gasteiger partial charge in [-0.2, -0.15) is 0 Å². The fourth-order valence-corrected chi connectivity index (χ4v) is 3.91. The summed E-state index contributed by atoms with van der Waals surface area (Å²) in [5, 5.41) is 0. The van der Waals surface area contributed by atoms with Gasteiger partial charge < -0.3 is 8.97 Å². The second kappa shape index (κ2) is 8.82. The molecule has 0 aromatic heterocycles. The number of rotatable bonds is 11. The van der Waals surface area contributed by atoms with Gasteiger partial charge in [0.2, 0.25) is 0 Å². The molecule has 0 aliphatic heterocycles. The molecule has 0 aromatic rings. The van der Waals surface area contributed by atoms with Gasteiger partial charge in [-0.3, -0.25) is 0 Å². The van der Waals surface area contributed by atoms with Crippen molar-refractivity contribution in [3.05, 3.63) is 47.6 Å². The highest BCUT2D eigenvalue weighted by molar-refractivity contribution is 5.23. The minimum absolute atomic E-state index is 1.14. The summed E-state index contributed by atoms with van der Waals surface area (Å²) in [6.07, 6.45) is 21.4. The fraction of sp³-hybridized carbons (Fsp3) is 0.636. The van der Waals surface area contributed by atoms with Crippen molar-refractivity contribution in [1.29, 1.82) is 0 Å². The molecule has 2 rings (SSSR count). The Balaban J connectivity index is 1.54. The quantitative estimate of drug-likeness (QED) is 0.387. The zero-order valence-electron chi connectivity index (χ0n) is 16.4. The molecule has 24 heavy (non-hydrogen) atoms. The lowest BCUT2D eigenvalue weighted by Crippen LogP contribution is -2.42. The molecule has 2 heteroatoms. The van der Waals surface area contributed by atoms with Crippen molar-refractivity contribution in [3.63, 3.8) is 0 Å². The number of hydrogen-bond acceptors (Lipinski definition) is 0. The van der Waals surface area contributed by atoms with Crippen molar-refractivity contribution in [2.45, 2.75) is 38.5 Å². The van der Waals surface area contributed by atoms with Crippen LogP contribution in [-0.2, 0) is 0 Å². The van der Waals surface area contributed by atoms with Crippen molar-refractivity contribution < 1.29 is 8.97 Å². The monoisotopic (exact) mass is 330 g/mol. The molecular formula is C22H38N2+2. The van der Waals surface area contributed by atoms with Crippen LogP contribution in [0.3, 0.4) is 0 Å². The first-order valence-corrected chi connectivity index (χ1v) is 9.70. The normalized spacial score (nSPS) is 17.5. The molecule has 0 amide bonds. The number of likely N-dealkylation sites (N-methyl/N-ethyl adjacent to an activating group) is 2. The standard InChI is InChI=1S/C22H38N2/c1-23(2,19-21-13-7-8-14-21)17-11-5-6-12-18-24(3,4)20-22-15-9-10-16-22/h7-10,13,15H,5-6,11-12,14,16-20H2,1-4H3/q+2. The number of allylic oxidation sites excluding steroid dienone is 6. The predicted octanol–water partition coefficient (Wildman–Crippen LogP) is 4.47. The van der Waals surface area contributed by atoms with Gasteiger partial charge in [-0.15, -0.1) is 0 Å². The first-order chi connectivity index (χ1) is 11.4. The zero-order chi connectivity index (χ0) is 17.5. The molecule has 2 nitrogen and oxygen atoms in total. The molecule has 0 bridgehead atoms. The summed E-state index contributed by atoms with van der Waals surface area (Å²) in [7, 11) is 9.51. The van der Waals surface area contributed by atoms with E-state index in [1.54, 1.807) is 11.1 Å². The Morgan fingerprint density at radius 2 is 1.08 bits per heavy atom. The highest BCUT2D eigenvalue weighted by Crippen LogP contribution is 2.17. The maximum Gasteiger partial charge on any atom is 0.100 e. The first-order valence-electron chi connectivity index (χ1n) is 9.70. The third-order valence-electron chi connectivity index (χ3n) is 5.24. The smallest absolute Gasteiger partial charge is 0.100 e. The van der Waals surface area contributed by atoms with Crippen molar-refractivity contribution >= 4 is 0 Å². The maximum absolute atomic E-state index is 2.38. The molecule has 0 saturated carbocycles. The number of hydrogen-bond donors (Lipinski definition) is 0. The van der Waals surface area contributed by atoms with Gasteiger partial charge in [0.15, 0.2) is 0 Å². The largest absolute Gasteiger partial charge is 0.325 e. The van der Waals surface area contributed by atoms with Gasteiger partial charge in [0.25, 0.3) is 0 Å². The van der Waals surface area contributed by atoms with E-state index in [2.05, 4.69) is 64.6 Å². The summed E-state index contributed by atoms with van der Waals surface area (Å²) >= 11 is 0. The van der Waals surface area contributed by atoms with Crippen molar-refractivity contribution in [3.8, 4) is 0 Å². The molecule has 0 saturated heterocycles. The summed E-state index contributed by atoms with van der Waals surface area (Å²) in [5.41, 5.74) is 3.18. The van der Waals surface area contributed by atoms with Crippen LogP contribution >= 0.6 is 0 Å². The first kappa shape index (κ1) is 19.2. The lowest BCUT2D eigenvalue weighted by molar-refractivity contribution is -0.886. The molecule has 0 unspecified atom stereocenters. The Morgan fingerprint density at radius 1 is 0.667 bits per heavy atom. The van der Waals surface area contributed by atoms with E-state index in [0.29, 0.717) is 0 Å².